The SMILES string of the molecule is C=C/C=C(\N=C)c1nc(N2CCNC3(COC3)C2)nc(-n2ccc3ccccc32)n1. The van der Waals surface area contributed by atoms with Gasteiger partial charge in [-0.3, -0.25) is 9.56 Å². The molecule has 8 nitrogen and oxygen atoms in total. The van der Waals surface area contributed by atoms with Crippen molar-refractivity contribution < 1.29 is 4.74 Å². The number of para-hydroxylation sites is 1. The third-order valence-electron chi connectivity index (χ3n) is 5.52. The molecule has 3 aromatic rings. The highest BCUT2D eigenvalue weighted by Gasteiger charge is 2.42. The number of fused-ring (bicyclic) bond motifs is 1. The molecule has 1 spiro atoms. The Labute approximate surface area is 174 Å². The van der Waals surface area contributed by atoms with Gasteiger partial charge < -0.3 is 15.0 Å². The molecule has 30 heavy (non-hydrogen) atoms. The van der Waals surface area contributed by atoms with Crippen LogP contribution in [0.15, 0.2) is 60.3 Å². The van der Waals surface area contributed by atoms with E-state index < -0.39 is 0 Å². The Morgan fingerprint density at radius 2 is 2.00 bits per heavy atom. The van der Waals surface area contributed by atoms with E-state index in [1.165, 1.54) is 0 Å². The molecule has 0 unspecified atom stereocenters. The minimum absolute atomic E-state index is 0.0260. The van der Waals surface area contributed by atoms with Gasteiger partial charge in [0, 0.05) is 31.2 Å². The van der Waals surface area contributed by atoms with Crippen LogP contribution in [0.5, 0.6) is 0 Å². The number of rotatable bonds is 5. The van der Waals surface area contributed by atoms with Crippen LogP contribution in [0, 0.1) is 0 Å². The van der Waals surface area contributed by atoms with E-state index in [2.05, 4.69) is 46.7 Å². The molecule has 2 aliphatic rings. The van der Waals surface area contributed by atoms with E-state index in [0.29, 0.717) is 36.6 Å². The third-order valence-corrected chi connectivity index (χ3v) is 5.52. The van der Waals surface area contributed by atoms with Crippen LogP contribution in [0.25, 0.3) is 22.5 Å². The summed E-state index contributed by atoms with van der Waals surface area (Å²) in [5.74, 6) is 1.64. The molecule has 1 N–H and O–H groups in total. The first-order valence-electron chi connectivity index (χ1n) is 9.91. The Morgan fingerprint density at radius 1 is 1.17 bits per heavy atom. The molecule has 0 bridgehead atoms. The molecule has 0 saturated carbocycles. The zero-order valence-corrected chi connectivity index (χ0v) is 16.7. The van der Waals surface area contributed by atoms with Gasteiger partial charge in [0.2, 0.25) is 11.9 Å². The maximum atomic E-state index is 5.45. The Bertz CT molecular complexity index is 1150. The van der Waals surface area contributed by atoms with Crippen LogP contribution >= 0.6 is 0 Å². The van der Waals surface area contributed by atoms with Crippen molar-refractivity contribution in [2.24, 2.45) is 4.99 Å². The lowest BCUT2D eigenvalue weighted by Crippen LogP contribution is -2.70. The second kappa shape index (κ2) is 7.47. The quantitative estimate of drug-likeness (QED) is 0.522. The van der Waals surface area contributed by atoms with Crippen LogP contribution < -0.4 is 10.2 Å². The fourth-order valence-electron chi connectivity index (χ4n) is 3.95. The van der Waals surface area contributed by atoms with Crippen molar-refractivity contribution in [3.63, 3.8) is 0 Å². The lowest BCUT2D eigenvalue weighted by molar-refractivity contribution is -0.0744. The normalized spacial score (nSPS) is 18.4. The molecule has 0 amide bonds. The molecule has 2 aliphatic heterocycles. The van der Waals surface area contributed by atoms with Gasteiger partial charge in [0.05, 0.1) is 24.3 Å². The number of allylic oxidation sites excluding steroid dienone is 2. The number of aromatic nitrogens is 4. The summed E-state index contributed by atoms with van der Waals surface area (Å²) in [7, 11) is 0. The van der Waals surface area contributed by atoms with Crippen molar-refractivity contribution in [1.29, 1.82) is 0 Å². The predicted molar refractivity (Wildman–Crippen MR) is 118 cm³/mol. The molecule has 4 heterocycles. The molecular formula is C22H23N7O. The van der Waals surface area contributed by atoms with Crippen molar-refractivity contribution in [2.45, 2.75) is 5.54 Å². The number of nitrogens with zero attached hydrogens (tertiary/aromatic N) is 6. The summed E-state index contributed by atoms with van der Waals surface area (Å²) < 4.78 is 7.43. The molecule has 2 saturated heterocycles. The molecule has 0 aliphatic carbocycles. The largest absolute Gasteiger partial charge is 0.377 e. The van der Waals surface area contributed by atoms with E-state index in [1.807, 2.05) is 22.9 Å². The summed E-state index contributed by atoms with van der Waals surface area (Å²) in [4.78, 5) is 20.6. The molecule has 8 heteroatoms. The summed E-state index contributed by atoms with van der Waals surface area (Å²) in [5.41, 5.74) is 1.57. The smallest absolute Gasteiger partial charge is 0.239 e. The molecule has 5 rings (SSSR count). The van der Waals surface area contributed by atoms with Gasteiger partial charge in [-0.15, -0.1) is 0 Å². The Kier molecular flexibility index (Phi) is 4.65. The van der Waals surface area contributed by atoms with Crippen LogP contribution in [0.1, 0.15) is 5.82 Å². The van der Waals surface area contributed by atoms with E-state index in [4.69, 9.17) is 19.7 Å². The Balaban J connectivity index is 1.63. The number of aliphatic imine (C=N–C) groups is 1. The highest BCUT2D eigenvalue weighted by Crippen LogP contribution is 2.26. The van der Waals surface area contributed by atoms with Gasteiger partial charge in [-0.1, -0.05) is 30.9 Å². The first-order valence-corrected chi connectivity index (χ1v) is 9.91. The van der Waals surface area contributed by atoms with Crippen molar-refractivity contribution in [2.75, 3.05) is 37.7 Å². The fraction of sp³-hybridized carbons (Fsp3) is 0.273. The van der Waals surface area contributed by atoms with E-state index in [9.17, 15) is 0 Å². The molecular weight excluding hydrogens is 378 g/mol. The van der Waals surface area contributed by atoms with Crippen molar-refractivity contribution in [3.8, 4) is 5.95 Å². The summed E-state index contributed by atoms with van der Waals surface area (Å²) in [5, 5.41) is 4.69. The number of anilines is 1. The summed E-state index contributed by atoms with van der Waals surface area (Å²) in [6.07, 6.45) is 5.39. The topological polar surface area (TPSA) is 80.5 Å². The van der Waals surface area contributed by atoms with Gasteiger partial charge in [-0.2, -0.15) is 15.0 Å². The van der Waals surface area contributed by atoms with Crippen molar-refractivity contribution in [3.05, 3.63) is 61.1 Å². The number of nitrogens with one attached hydrogen (secondary N) is 1. The number of benzene rings is 1. The monoisotopic (exact) mass is 401 g/mol. The summed E-state index contributed by atoms with van der Waals surface area (Å²) in [6, 6.07) is 10.2. The van der Waals surface area contributed by atoms with Gasteiger partial charge >= 0.3 is 0 Å². The van der Waals surface area contributed by atoms with Crippen molar-refractivity contribution in [1.82, 2.24) is 24.8 Å². The lowest BCUT2D eigenvalue weighted by atomic mass is 9.95. The van der Waals surface area contributed by atoms with Gasteiger partial charge in [-0.25, -0.2) is 0 Å². The van der Waals surface area contributed by atoms with Crippen LogP contribution in [0.3, 0.4) is 0 Å². The minimum Gasteiger partial charge on any atom is -0.377 e. The van der Waals surface area contributed by atoms with Crippen LogP contribution in [0.2, 0.25) is 0 Å². The van der Waals surface area contributed by atoms with Crippen molar-refractivity contribution >= 4 is 29.3 Å². The van der Waals surface area contributed by atoms with Gasteiger partial charge in [-0.05, 0) is 24.9 Å². The molecule has 0 radical (unpaired) electrons. The van der Waals surface area contributed by atoms with Gasteiger partial charge in [0.1, 0.15) is 5.70 Å². The zero-order valence-electron chi connectivity index (χ0n) is 16.7. The van der Waals surface area contributed by atoms with Crippen LogP contribution in [0.4, 0.5) is 5.95 Å². The van der Waals surface area contributed by atoms with E-state index in [1.54, 1.807) is 12.2 Å². The lowest BCUT2D eigenvalue weighted by Gasteiger charge is -2.48. The van der Waals surface area contributed by atoms with Crippen LogP contribution in [-0.4, -0.2) is 64.6 Å². The standard InChI is InChI=1S/C22H23N7O/c1-3-6-17(23-2)19-25-20(28-12-10-24-22(13-28)14-30-15-22)27-21(26-19)29-11-9-16-7-4-5-8-18(16)29/h3-9,11,24H,1-2,10,12-15H2/b17-6-. The average Bonchev–Trinajstić information content (AvgIpc) is 3.20. The predicted octanol–water partition coefficient (Wildman–Crippen LogP) is 2.22. The molecule has 0 atom stereocenters. The van der Waals surface area contributed by atoms with E-state index in [-0.39, 0.29) is 5.54 Å². The molecule has 2 fully saturated rings. The maximum absolute atomic E-state index is 5.45. The number of ether oxygens (including phenoxy) is 1. The Morgan fingerprint density at radius 3 is 2.77 bits per heavy atom. The second-order valence-electron chi connectivity index (χ2n) is 7.57. The maximum Gasteiger partial charge on any atom is 0.239 e. The van der Waals surface area contributed by atoms with Gasteiger partial charge in [0.15, 0.2) is 5.82 Å². The second-order valence-corrected chi connectivity index (χ2v) is 7.57. The number of piperazine rings is 1. The first kappa shape index (κ1) is 18.7. The first-order chi connectivity index (χ1) is 14.7. The highest BCUT2D eigenvalue weighted by molar-refractivity contribution is 5.81. The summed E-state index contributed by atoms with van der Waals surface area (Å²) >= 11 is 0. The average molecular weight is 401 g/mol. The third kappa shape index (κ3) is 3.20. The highest BCUT2D eigenvalue weighted by atomic mass is 16.5. The Hall–Kier alpha value is -3.36. The molecule has 2 aromatic heterocycles. The summed E-state index contributed by atoms with van der Waals surface area (Å²) in [6.45, 7) is 11.3. The van der Waals surface area contributed by atoms with E-state index >= 15 is 0 Å². The molecule has 152 valence electrons. The fourth-order valence-corrected chi connectivity index (χ4v) is 3.95. The van der Waals surface area contributed by atoms with Crippen LogP contribution in [-0.2, 0) is 4.74 Å². The minimum atomic E-state index is -0.0260. The number of hydrogen-bond donors (Lipinski definition) is 1. The van der Waals surface area contributed by atoms with Gasteiger partial charge in [0.25, 0.3) is 0 Å². The zero-order chi connectivity index (χ0) is 20.6. The molecule has 1 aromatic carbocycles. The van der Waals surface area contributed by atoms with E-state index in [0.717, 1.165) is 30.5 Å². The number of hydrogen-bond acceptors (Lipinski definition) is 7.